The van der Waals surface area contributed by atoms with Gasteiger partial charge in [-0.25, -0.2) is 0 Å². The molecule has 0 aliphatic heterocycles. The van der Waals surface area contributed by atoms with Crippen molar-refractivity contribution in [3.63, 3.8) is 0 Å². The van der Waals surface area contributed by atoms with Crippen LogP contribution in [0, 0.1) is 3.57 Å². The minimum atomic E-state index is -1.19. The zero-order valence-corrected chi connectivity index (χ0v) is 25.3. The Kier molecular flexibility index (Phi) is 13.4. The molecule has 1 aromatic rings. The van der Waals surface area contributed by atoms with Crippen molar-refractivity contribution in [2.75, 3.05) is 33.4 Å². The Balaban J connectivity index is 2.49. The molecule has 0 saturated carbocycles. The lowest BCUT2D eigenvalue weighted by Crippen LogP contribution is -2.55. The van der Waals surface area contributed by atoms with Crippen molar-refractivity contribution in [1.29, 1.82) is 0 Å². The number of halogens is 1. The lowest BCUT2D eigenvalue weighted by Gasteiger charge is -2.40. The van der Waals surface area contributed by atoms with E-state index in [4.69, 9.17) is 14.2 Å². The normalized spacial score (nSPS) is 18.7. The summed E-state index contributed by atoms with van der Waals surface area (Å²) in [5, 5.41) is 23.4. The highest BCUT2D eigenvalue weighted by molar-refractivity contribution is 14.1. The molecule has 2 amide bonds. The highest BCUT2D eigenvalue weighted by Crippen LogP contribution is 2.37. The molecule has 1 aromatic carbocycles. The summed E-state index contributed by atoms with van der Waals surface area (Å²) in [7, 11) is 1.44. The molecule has 2 rings (SSSR count). The van der Waals surface area contributed by atoms with E-state index in [2.05, 4.69) is 5.32 Å². The van der Waals surface area contributed by atoms with Gasteiger partial charge in [0, 0.05) is 43.3 Å². The van der Waals surface area contributed by atoms with Crippen LogP contribution in [0.25, 0.3) is 0 Å². The maximum Gasteiger partial charge on any atom is 0.247 e. The van der Waals surface area contributed by atoms with Gasteiger partial charge in [-0.3, -0.25) is 14.4 Å². The monoisotopic (exact) mass is 658 g/mol. The number of benzene rings is 1. The van der Waals surface area contributed by atoms with E-state index in [1.54, 1.807) is 11.0 Å². The fourth-order valence-corrected chi connectivity index (χ4v) is 4.91. The number of aldehydes is 1. The summed E-state index contributed by atoms with van der Waals surface area (Å²) >= 11 is 2.01. The lowest BCUT2D eigenvalue weighted by molar-refractivity contribution is -0.134. The van der Waals surface area contributed by atoms with Crippen LogP contribution in [0.2, 0.25) is 0 Å². The van der Waals surface area contributed by atoms with Gasteiger partial charge in [-0.05, 0) is 74.9 Å². The highest BCUT2D eigenvalue weighted by atomic mass is 127. The van der Waals surface area contributed by atoms with Crippen molar-refractivity contribution >= 4 is 40.7 Å². The smallest absolute Gasteiger partial charge is 0.247 e. The van der Waals surface area contributed by atoms with Crippen LogP contribution in [0.15, 0.2) is 35.4 Å². The summed E-state index contributed by atoms with van der Waals surface area (Å²) in [5.74, 6) is -0.124. The standard InChI is InChI=1S/C28H39IN2O8/c1-17(2)11-25(34)31(8-6-10-38-18(3)4)22-14-20(28(36)30-7-9-32)15-23(26(22)35)39-27-21(29)12-19(16-33)13-24(27)37-5/h11-13,15-16,18,22-23,26,32,35H,6-10,14H2,1-5H3,(H,30,36)/t22-,23+,26+/m1/s1. The minimum absolute atomic E-state index is 0.0396. The second-order valence-electron chi connectivity index (χ2n) is 9.69. The topological polar surface area (TPSA) is 135 Å². The lowest BCUT2D eigenvalue weighted by atomic mass is 9.88. The van der Waals surface area contributed by atoms with E-state index < -0.39 is 24.2 Å². The summed E-state index contributed by atoms with van der Waals surface area (Å²) in [6, 6.07) is 2.36. The molecule has 1 aliphatic rings. The van der Waals surface area contributed by atoms with E-state index >= 15 is 0 Å². The Morgan fingerprint density at radius 2 is 2.00 bits per heavy atom. The summed E-state index contributed by atoms with van der Waals surface area (Å²) in [5.41, 5.74) is 1.51. The average molecular weight is 659 g/mol. The molecule has 0 spiro atoms. The van der Waals surface area contributed by atoms with Crippen molar-refractivity contribution in [3.05, 3.63) is 44.6 Å². The third kappa shape index (κ3) is 9.59. The summed E-state index contributed by atoms with van der Waals surface area (Å²) in [6.07, 6.45) is 2.18. The number of aliphatic hydroxyl groups excluding tert-OH is 2. The number of allylic oxidation sites excluding steroid dienone is 1. The second kappa shape index (κ2) is 15.9. The van der Waals surface area contributed by atoms with Crippen molar-refractivity contribution < 1.29 is 38.8 Å². The highest BCUT2D eigenvalue weighted by Gasteiger charge is 2.40. The summed E-state index contributed by atoms with van der Waals surface area (Å²) in [4.78, 5) is 39.2. The third-order valence-electron chi connectivity index (χ3n) is 5.95. The first kappa shape index (κ1) is 32.7. The van der Waals surface area contributed by atoms with Gasteiger partial charge >= 0.3 is 0 Å². The van der Waals surface area contributed by atoms with Crippen molar-refractivity contribution in [3.8, 4) is 11.5 Å². The largest absolute Gasteiger partial charge is 0.493 e. The molecule has 3 N–H and O–H groups in total. The van der Waals surface area contributed by atoms with Gasteiger partial charge in [0.05, 0.1) is 29.4 Å². The van der Waals surface area contributed by atoms with Crippen LogP contribution in [0.3, 0.4) is 0 Å². The molecule has 0 bridgehead atoms. The number of hydrogen-bond donors (Lipinski definition) is 3. The van der Waals surface area contributed by atoms with Crippen LogP contribution in [0.4, 0.5) is 0 Å². The van der Waals surface area contributed by atoms with Gasteiger partial charge in [-0.15, -0.1) is 0 Å². The van der Waals surface area contributed by atoms with Crippen LogP contribution in [0.1, 0.15) is 50.9 Å². The van der Waals surface area contributed by atoms with Crippen LogP contribution in [-0.4, -0.2) is 91.0 Å². The van der Waals surface area contributed by atoms with Crippen molar-refractivity contribution in [2.45, 2.75) is 64.9 Å². The number of nitrogens with one attached hydrogen (secondary N) is 1. The molecule has 1 aliphatic carbocycles. The Bertz CT molecular complexity index is 1070. The number of nitrogens with zero attached hydrogens (tertiary/aromatic N) is 1. The quantitative estimate of drug-likeness (QED) is 0.120. The molecule has 0 saturated heterocycles. The molecule has 0 heterocycles. The van der Waals surface area contributed by atoms with E-state index in [0.717, 1.165) is 5.57 Å². The van der Waals surface area contributed by atoms with E-state index in [1.165, 1.54) is 25.3 Å². The van der Waals surface area contributed by atoms with Gasteiger partial charge in [-0.1, -0.05) is 5.57 Å². The Labute approximate surface area is 243 Å². The molecular weight excluding hydrogens is 619 g/mol. The maximum absolute atomic E-state index is 13.3. The Morgan fingerprint density at radius 3 is 2.59 bits per heavy atom. The fourth-order valence-electron chi connectivity index (χ4n) is 4.16. The first-order valence-electron chi connectivity index (χ1n) is 12.9. The molecule has 10 nitrogen and oxygen atoms in total. The number of rotatable bonds is 14. The third-order valence-corrected chi connectivity index (χ3v) is 6.75. The molecule has 0 radical (unpaired) electrons. The Morgan fingerprint density at radius 1 is 1.28 bits per heavy atom. The molecule has 0 fully saturated rings. The number of ether oxygens (including phenoxy) is 3. The Hall–Kier alpha value is -2.48. The molecule has 216 valence electrons. The summed E-state index contributed by atoms with van der Waals surface area (Å²) < 4.78 is 17.9. The van der Waals surface area contributed by atoms with E-state index in [9.17, 15) is 24.6 Å². The molecule has 11 heteroatoms. The van der Waals surface area contributed by atoms with Crippen molar-refractivity contribution in [1.82, 2.24) is 10.2 Å². The number of hydrogen-bond acceptors (Lipinski definition) is 8. The predicted molar refractivity (Wildman–Crippen MR) is 155 cm³/mol. The van der Waals surface area contributed by atoms with Gasteiger partial charge in [0.1, 0.15) is 18.5 Å². The molecule has 39 heavy (non-hydrogen) atoms. The zero-order chi connectivity index (χ0) is 29.1. The van der Waals surface area contributed by atoms with Crippen LogP contribution < -0.4 is 14.8 Å². The molecule has 0 aromatic heterocycles. The number of carbonyl (C=O) groups excluding carboxylic acids is 3. The number of aliphatic hydroxyl groups is 2. The second-order valence-corrected chi connectivity index (χ2v) is 10.9. The summed E-state index contributed by atoms with van der Waals surface area (Å²) in [6.45, 7) is 8.03. The molecular formula is C28H39IN2O8. The van der Waals surface area contributed by atoms with Gasteiger partial charge in [0.15, 0.2) is 11.5 Å². The van der Waals surface area contributed by atoms with Crippen LogP contribution >= 0.6 is 22.6 Å². The van der Waals surface area contributed by atoms with Crippen LogP contribution in [0.5, 0.6) is 11.5 Å². The van der Waals surface area contributed by atoms with Gasteiger partial charge in [0.25, 0.3) is 0 Å². The number of amides is 2. The van der Waals surface area contributed by atoms with E-state index in [-0.39, 0.29) is 31.6 Å². The van der Waals surface area contributed by atoms with Gasteiger partial charge < -0.3 is 34.6 Å². The molecule has 0 unspecified atom stereocenters. The van der Waals surface area contributed by atoms with E-state index in [1.807, 2.05) is 50.3 Å². The van der Waals surface area contributed by atoms with Crippen LogP contribution in [-0.2, 0) is 14.3 Å². The SMILES string of the molecule is COc1cc(C=O)cc(I)c1O[C@H]1C=C(C(=O)NCCO)C[C@@H](N(CCCOC(C)C)C(=O)C=C(C)C)[C@@H]1O. The van der Waals surface area contributed by atoms with E-state index in [0.29, 0.717) is 52.1 Å². The average Bonchev–Trinajstić information content (AvgIpc) is 2.88. The molecule has 3 atom stereocenters. The number of methoxy groups -OCH3 is 1. The minimum Gasteiger partial charge on any atom is -0.493 e. The first-order chi connectivity index (χ1) is 18.5. The predicted octanol–water partition coefficient (Wildman–Crippen LogP) is 2.64. The fraction of sp³-hybridized carbons (Fsp3) is 0.536. The maximum atomic E-state index is 13.3. The van der Waals surface area contributed by atoms with Crippen molar-refractivity contribution in [2.24, 2.45) is 0 Å². The zero-order valence-electron chi connectivity index (χ0n) is 23.1. The first-order valence-corrected chi connectivity index (χ1v) is 13.9. The van der Waals surface area contributed by atoms with Gasteiger partial charge in [0.2, 0.25) is 11.8 Å². The van der Waals surface area contributed by atoms with Gasteiger partial charge in [-0.2, -0.15) is 0 Å². The number of carbonyl (C=O) groups is 3.